The molecule has 0 aliphatic rings. The summed E-state index contributed by atoms with van der Waals surface area (Å²) in [4.78, 5) is 12.6. The Bertz CT molecular complexity index is 382. The molecule has 0 saturated carbocycles. The first-order valence-electron chi connectivity index (χ1n) is 6.01. The van der Waals surface area contributed by atoms with Crippen molar-refractivity contribution in [3.8, 4) is 5.75 Å². The van der Waals surface area contributed by atoms with Crippen molar-refractivity contribution in [3.05, 3.63) is 29.8 Å². The van der Waals surface area contributed by atoms with Crippen LogP contribution in [0, 0.1) is 0 Å². The Morgan fingerprint density at radius 1 is 1.39 bits per heavy atom. The second kappa shape index (κ2) is 7.68. The Morgan fingerprint density at radius 3 is 2.78 bits per heavy atom. The summed E-state index contributed by atoms with van der Waals surface area (Å²) in [7, 11) is 1.86. The minimum absolute atomic E-state index is 0.277. The van der Waals surface area contributed by atoms with E-state index in [4.69, 9.17) is 16.2 Å². The number of nitrogens with two attached hydrogens (primary N) is 2. The molecular formula is C13H21N3O2. The van der Waals surface area contributed by atoms with Crippen LogP contribution in [0.2, 0.25) is 0 Å². The third-order valence-corrected chi connectivity index (χ3v) is 2.56. The highest BCUT2D eigenvalue weighted by molar-refractivity contribution is 5.75. The summed E-state index contributed by atoms with van der Waals surface area (Å²) in [5.74, 6) is 0.518. The first-order valence-corrected chi connectivity index (χ1v) is 6.01. The highest BCUT2D eigenvalue weighted by Gasteiger charge is 2.03. The second-order valence-corrected chi connectivity index (χ2v) is 4.22. The maximum absolute atomic E-state index is 10.7. The summed E-state index contributed by atoms with van der Waals surface area (Å²) in [5.41, 5.74) is 11.7. The van der Waals surface area contributed by atoms with Gasteiger partial charge in [0.05, 0.1) is 13.2 Å². The summed E-state index contributed by atoms with van der Waals surface area (Å²) in [6.07, 6.45) is 0.836. The van der Waals surface area contributed by atoms with Gasteiger partial charge in [-0.15, -0.1) is 0 Å². The van der Waals surface area contributed by atoms with E-state index in [9.17, 15) is 4.79 Å². The van der Waals surface area contributed by atoms with Gasteiger partial charge in [0.15, 0.2) is 0 Å². The Labute approximate surface area is 108 Å². The van der Waals surface area contributed by atoms with Gasteiger partial charge in [0, 0.05) is 18.7 Å². The molecule has 1 rings (SSSR count). The van der Waals surface area contributed by atoms with Gasteiger partial charge in [-0.25, -0.2) is 0 Å². The summed E-state index contributed by atoms with van der Waals surface area (Å²) in [6, 6.07) is 7.73. The molecule has 0 fully saturated rings. The first kappa shape index (κ1) is 14.5. The minimum Gasteiger partial charge on any atom is -0.493 e. The van der Waals surface area contributed by atoms with Crippen LogP contribution in [0.3, 0.4) is 0 Å². The van der Waals surface area contributed by atoms with Gasteiger partial charge in [0.25, 0.3) is 0 Å². The molecular weight excluding hydrogens is 230 g/mol. The molecule has 0 unspecified atom stereocenters. The van der Waals surface area contributed by atoms with E-state index in [0.29, 0.717) is 13.2 Å². The molecule has 0 aliphatic heterocycles. The number of rotatable bonds is 8. The molecule has 5 heteroatoms. The Balaban J connectivity index is 2.27. The van der Waals surface area contributed by atoms with E-state index < -0.39 is 0 Å². The molecule has 1 aromatic carbocycles. The lowest BCUT2D eigenvalue weighted by Crippen LogP contribution is -2.31. The molecule has 0 heterocycles. The van der Waals surface area contributed by atoms with Gasteiger partial charge in [0.2, 0.25) is 5.91 Å². The maximum Gasteiger partial charge on any atom is 0.231 e. The number of nitrogens with zero attached hydrogens (tertiary/aromatic N) is 1. The van der Waals surface area contributed by atoms with Crippen molar-refractivity contribution >= 4 is 5.91 Å². The molecule has 5 nitrogen and oxygen atoms in total. The van der Waals surface area contributed by atoms with E-state index in [1.54, 1.807) is 0 Å². The van der Waals surface area contributed by atoms with E-state index in [-0.39, 0.29) is 12.5 Å². The van der Waals surface area contributed by atoms with Crippen molar-refractivity contribution in [2.75, 3.05) is 26.7 Å². The van der Waals surface area contributed by atoms with Crippen LogP contribution in [0.25, 0.3) is 0 Å². The topological polar surface area (TPSA) is 81.6 Å². The summed E-state index contributed by atoms with van der Waals surface area (Å²) >= 11 is 0. The van der Waals surface area contributed by atoms with E-state index >= 15 is 0 Å². The van der Waals surface area contributed by atoms with E-state index in [0.717, 1.165) is 24.3 Å². The number of ether oxygens (including phenoxy) is 1. The van der Waals surface area contributed by atoms with Crippen molar-refractivity contribution in [2.24, 2.45) is 11.5 Å². The van der Waals surface area contributed by atoms with Gasteiger partial charge >= 0.3 is 0 Å². The highest BCUT2D eigenvalue weighted by atomic mass is 16.5. The zero-order valence-corrected chi connectivity index (χ0v) is 10.8. The van der Waals surface area contributed by atoms with Gasteiger partial charge in [-0.1, -0.05) is 18.2 Å². The van der Waals surface area contributed by atoms with E-state index in [1.807, 2.05) is 36.2 Å². The summed E-state index contributed by atoms with van der Waals surface area (Å²) in [5, 5.41) is 0. The van der Waals surface area contributed by atoms with Gasteiger partial charge < -0.3 is 16.2 Å². The fraction of sp³-hybridized carbons (Fsp3) is 0.462. The molecule has 1 amide bonds. The average molecular weight is 251 g/mol. The number of likely N-dealkylation sites (N-methyl/N-ethyl adjacent to an activating group) is 1. The van der Waals surface area contributed by atoms with Crippen LogP contribution >= 0.6 is 0 Å². The van der Waals surface area contributed by atoms with Crippen LogP contribution in [-0.4, -0.2) is 37.6 Å². The second-order valence-electron chi connectivity index (χ2n) is 4.22. The minimum atomic E-state index is -0.313. The number of hydrogen-bond donors (Lipinski definition) is 2. The third-order valence-electron chi connectivity index (χ3n) is 2.56. The van der Waals surface area contributed by atoms with Crippen LogP contribution < -0.4 is 16.2 Å². The fourth-order valence-electron chi connectivity index (χ4n) is 1.67. The molecule has 0 bridgehead atoms. The highest BCUT2D eigenvalue weighted by Crippen LogP contribution is 2.17. The zero-order valence-electron chi connectivity index (χ0n) is 10.8. The van der Waals surface area contributed by atoms with Crippen LogP contribution in [0.4, 0.5) is 0 Å². The quantitative estimate of drug-likeness (QED) is 0.652. The van der Waals surface area contributed by atoms with Crippen LogP contribution in [0.5, 0.6) is 5.75 Å². The molecule has 0 atom stereocenters. The summed E-state index contributed by atoms with van der Waals surface area (Å²) in [6.45, 7) is 2.12. The van der Waals surface area contributed by atoms with Gasteiger partial charge in [-0.05, 0) is 19.5 Å². The Hall–Kier alpha value is -1.59. The maximum atomic E-state index is 10.7. The first-order chi connectivity index (χ1) is 8.63. The predicted molar refractivity (Wildman–Crippen MR) is 71.1 cm³/mol. The number of carbonyl (C=O) groups excluding carboxylic acids is 1. The zero-order chi connectivity index (χ0) is 13.4. The molecule has 100 valence electrons. The number of benzene rings is 1. The molecule has 0 aromatic heterocycles. The number of para-hydroxylation sites is 1. The smallest absolute Gasteiger partial charge is 0.231 e. The van der Waals surface area contributed by atoms with Gasteiger partial charge in [0.1, 0.15) is 5.75 Å². The number of hydrogen-bond acceptors (Lipinski definition) is 4. The average Bonchev–Trinajstić information content (AvgIpc) is 2.34. The Kier molecular flexibility index (Phi) is 6.18. The molecule has 4 N–H and O–H groups in total. The number of primary amides is 1. The Morgan fingerprint density at radius 2 is 2.11 bits per heavy atom. The van der Waals surface area contributed by atoms with Gasteiger partial charge in [-0.3, -0.25) is 9.69 Å². The normalized spacial score (nSPS) is 10.6. The predicted octanol–water partition coefficient (Wildman–Crippen LogP) is 0.331. The SMILES string of the molecule is CN(CCCOc1ccccc1CN)CC(N)=O. The lowest BCUT2D eigenvalue weighted by atomic mass is 10.2. The molecule has 0 saturated heterocycles. The molecule has 0 aliphatic carbocycles. The molecule has 0 radical (unpaired) electrons. The largest absolute Gasteiger partial charge is 0.493 e. The number of amides is 1. The standard InChI is InChI=1S/C13H21N3O2/c1-16(10-13(15)17)7-4-8-18-12-6-3-2-5-11(12)9-14/h2-3,5-6H,4,7-10,14H2,1H3,(H2,15,17). The van der Waals surface area contributed by atoms with Crippen molar-refractivity contribution in [1.29, 1.82) is 0 Å². The van der Waals surface area contributed by atoms with Crippen molar-refractivity contribution < 1.29 is 9.53 Å². The third kappa shape index (κ3) is 5.16. The van der Waals surface area contributed by atoms with Crippen molar-refractivity contribution in [2.45, 2.75) is 13.0 Å². The molecule has 0 spiro atoms. The van der Waals surface area contributed by atoms with E-state index in [1.165, 1.54) is 0 Å². The van der Waals surface area contributed by atoms with Crippen molar-refractivity contribution in [3.63, 3.8) is 0 Å². The van der Waals surface area contributed by atoms with Gasteiger partial charge in [-0.2, -0.15) is 0 Å². The summed E-state index contributed by atoms with van der Waals surface area (Å²) < 4.78 is 5.66. The lowest BCUT2D eigenvalue weighted by Gasteiger charge is -2.15. The van der Waals surface area contributed by atoms with Crippen molar-refractivity contribution in [1.82, 2.24) is 4.90 Å². The monoisotopic (exact) mass is 251 g/mol. The lowest BCUT2D eigenvalue weighted by molar-refractivity contribution is -0.118. The number of carbonyl (C=O) groups is 1. The fourth-order valence-corrected chi connectivity index (χ4v) is 1.67. The van der Waals surface area contributed by atoms with Crippen LogP contribution in [-0.2, 0) is 11.3 Å². The molecule has 1 aromatic rings. The van der Waals surface area contributed by atoms with Crippen LogP contribution in [0.1, 0.15) is 12.0 Å². The van der Waals surface area contributed by atoms with Crippen LogP contribution in [0.15, 0.2) is 24.3 Å². The molecule has 18 heavy (non-hydrogen) atoms. The van der Waals surface area contributed by atoms with E-state index in [2.05, 4.69) is 0 Å².